The fourth-order valence-electron chi connectivity index (χ4n) is 2.34. The van der Waals surface area contributed by atoms with Crippen molar-refractivity contribution in [1.29, 1.82) is 0 Å². The van der Waals surface area contributed by atoms with Crippen LogP contribution in [0.2, 0.25) is 4.34 Å². The van der Waals surface area contributed by atoms with Crippen molar-refractivity contribution in [3.05, 3.63) is 21.3 Å². The summed E-state index contributed by atoms with van der Waals surface area (Å²) < 4.78 is 23.8. The van der Waals surface area contributed by atoms with E-state index in [1.54, 1.807) is 0 Å². The molecule has 0 bridgehead atoms. The van der Waals surface area contributed by atoms with Gasteiger partial charge in [0.15, 0.2) is 9.84 Å². The zero-order valence-electron chi connectivity index (χ0n) is 10.2. The lowest BCUT2D eigenvalue weighted by Gasteiger charge is -2.30. The van der Waals surface area contributed by atoms with E-state index in [4.69, 9.17) is 17.3 Å². The van der Waals surface area contributed by atoms with Crippen LogP contribution >= 0.6 is 22.9 Å². The minimum atomic E-state index is -2.86. The molecule has 102 valence electrons. The third-order valence-corrected chi connectivity index (χ3v) is 6.50. The van der Waals surface area contributed by atoms with Gasteiger partial charge >= 0.3 is 0 Å². The van der Waals surface area contributed by atoms with Gasteiger partial charge in [0, 0.05) is 17.5 Å². The third-order valence-electron chi connectivity index (χ3n) is 3.42. The van der Waals surface area contributed by atoms with Gasteiger partial charge in [0.1, 0.15) is 0 Å². The van der Waals surface area contributed by atoms with Crippen LogP contribution in [0.5, 0.6) is 0 Å². The van der Waals surface area contributed by atoms with Crippen molar-refractivity contribution in [1.82, 2.24) is 4.90 Å². The van der Waals surface area contributed by atoms with Crippen LogP contribution in [-0.4, -0.2) is 44.5 Å². The number of nitrogens with two attached hydrogens (primary N) is 1. The summed E-state index contributed by atoms with van der Waals surface area (Å²) in [5, 5.41) is 0. The zero-order valence-corrected chi connectivity index (χ0v) is 12.6. The number of nitrogens with zero attached hydrogens (tertiary/aromatic N) is 1. The highest BCUT2D eigenvalue weighted by Crippen LogP contribution is 2.32. The highest BCUT2D eigenvalue weighted by atomic mass is 35.5. The topological polar surface area (TPSA) is 63.4 Å². The van der Waals surface area contributed by atoms with Crippen molar-refractivity contribution in [2.24, 2.45) is 5.73 Å². The second kappa shape index (κ2) is 5.46. The predicted molar refractivity (Wildman–Crippen MR) is 75.9 cm³/mol. The van der Waals surface area contributed by atoms with E-state index in [1.807, 2.05) is 19.2 Å². The van der Waals surface area contributed by atoms with Crippen LogP contribution in [0.1, 0.15) is 17.3 Å². The Bertz CT molecular complexity index is 515. The van der Waals surface area contributed by atoms with Crippen LogP contribution in [0.25, 0.3) is 0 Å². The number of likely N-dealkylation sites (N-methyl/N-ethyl adjacent to an activating group) is 1. The molecule has 0 aromatic carbocycles. The Morgan fingerprint density at radius 3 is 2.78 bits per heavy atom. The number of halogens is 1. The first-order chi connectivity index (χ1) is 8.43. The number of rotatable bonds is 4. The van der Waals surface area contributed by atoms with Crippen LogP contribution < -0.4 is 5.73 Å². The van der Waals surface area contributed by atoms with Crippen LogP contribution in [0.15, 0.2) is 12.1 Å². The molecule has 0 radical (unpaired) electrons. The first kappa shape index (κ1) is 14.3. The first-order valence-electron chi connectivity index (χ1n) is 5.80. The lowest BCUT2D eigenvalue weighted by atomic mass is 10.1. The molecule has 18 heavy (non-hydrogen) atoms. The Labute approximate surface area is 117 Å². The summed E-state index contributed by atoms with van der Waals surface area (Å²) in [7, 11) is -0.923. The Morgan fingerprint density at radius 2 is 2.33 bits per heavy atom. The summed E-state index contributed by atoms with van der Waals surface area (Å²) >= 11 is 7.44. The molecule has 2 rings (SSSR count). The van der Waals surface area contributed by atoms with Gasteiger partial charge in [-0.2, -0.15) is 0 Å². The predicted octanol–water partition coefficient (Wildman–Crippen LogP) is 1.52. The Hall–Kier alpha value is -0.140. The van der Waals surface area contributed by atoms with Crippen molar-refractivity contribution in [3.8, 4) is 0 Å². The quantitative estimate of drug-likeness (QED) is 0.916. The smallest absolute Gasteiger partial charge is 0.151 e. The molecule has 0 spiro atoms. The third kappa shape index (κ3) is 3.05. The molecule has 0 aliphatic carbocycles. The fourth-order valence-corrected chi connectivity index (χ4v) is 5.35. The standard InChI is InChI=1S/C11H17ClN2O2S2/c1-14(8-4-5-18(15,16)7-8)9(6-13)10-2-3-11(12)17-10/h2-3,8-9H,4-7,13H2,1H3. The molecule has 0 saturated carbocycles. The van der Waals surface area contributed by atoms with Crippen LogP contribution in [0.4, 0.5) is 0 Å². The van der Waals surface area contributed by atoms with E-state index >= 15 is 0 Å². The van der Waals surface area contributed by atoms with E-state index in [0.29, 0.717) is 13.0 Å². The molecule has 4 nitrogen and oxygen atoms in total. The number of hydrogen-bond donors (Lipinski definition) is 1. The molecule has 1 aromatic heterocycles. The Kier molecular flexibility index (Phi) is 4.33. The normalized spacial score (nSPS) is 24.6. The summed E-state index contributed by atoms with van der Waals surface area (Å²) in [6.07, 6.45) is 0.689. The second-order valence-corrected chi connectivity index (χ2v) is 8.59. The summed E-state index contributed by atoms with van der Waals surface area (Å²) in [6.45, 7) is 0.462. The number of hydrogen-bond acceptors (Lipinski definition) is 5. The molecule has 2 heterocycles. The summed E-state index contributed by atoms with van der Waals surface area (Å²) in [5.74, 6) is 0.517. The van der Waals surface area contributed by atoms with Gasteiger partial charge in [0.2, 0.25) is 0 Å². The average molecular weight is 309 g/mol. The molecule has 1 aromatic rings. The molecule has 2 N–H and O–H groups in total. The highest BCUT2D eigenvalue weighted by molar-refractivity contribution is 7.91. The van der Waals surface area contributed by atoms with Crippen molar-refractivity contribution in [3.63, 3.8) is 0 Å². The van der Waals surface area contributed by atoms with Gasteiger partial charge in [-0.3, -0.25) is 4.90 Å². The van der Waals surface area contributed by atoms with Crippen LogP contribution in [0, 0.1) is 0 Å². The van der Waals surface area contributed by atoms with E-state index < -0.39 is 9.84 Å². The maximum atomic E-state index is 11.5. The maximum Gasteiger partial charge on any atom is 0.151 e. The lowest BCUT2D eigenvalue weighted by molar-refractivity contribution is 0.195. The fraction of sp³-hybridized carbons (Fsp3) is 0.636. The molecule has 1 aliphatic heterocycles. The summed E-state index contributed by atoms with van der Waals surface area (Å²) in [4.78, 5) is 3.17. The highest BCUT2D eigenvalue weighted by Gasteiger charge is 2.33. The van der Waals surface area contributed by atoms with Crippen molar-refractivity contribution in [2.75, 3.05) is 25.1 Å². The van der Waals surface area contributed by atoms with E-state index in [-0.39, 0.29) is 23.6 Å². The monoisotopic (exact) mass is 308 g/mol. The van der Waals surface area contributed by atoms with Crippen molar-refractivity contribution < 1.29 is 8.42 Å². The Morgan fingerprint density at radius 1 is 1.61 bits per heavy atom. The van der Waals surface area contributed by atoms with Gasteiger partial charge in [-0.25, -0.2) is 8.42 Å². The number of thiophene rings is 1. The van der Waals surface area contributed by atoms with Gasteiger partial charge in [0.25, 0.3) is 0 Å². The van der Waals surface area contributed by atoms with E-state index in [2.05, 4.69) is 4.90 Å². The van der Waals surface area contributed by atoms with E-state index in [0.717, 1.165) is 9.21 Å². The van der Waals surface area contributed by atoms with Gasteiger partial charge in [-0.05, 0) is 25.6 Å². The van der Waals surface area contributed by atoms with Crippen molar-refractivity contribution >= 4 is 32.8 Å². The van der Waals surface area contributed by atoms with Crippen LogP contribution in [0.3, 0.4) is 0 Å². The average Bonchev–Trinajstić information content (AvgIpc) is 2.86. The molecule has 2 unspecified atom stereocenters. The SMILES string of the molecule is CN(C1CCS(=O)(=O)C1)C(CN)c1ccc(Cl)s1. The van der Waals surface area contributed by atoms with Gasteiger partial charge in [-0.15, -0.1) is 11.3 Å². The van der Waals surface area contributed by atoms with Crippen molar-refractivity contribution in [2.45, 2.75) is 18.5 Å². The first-order valence-corrected chi connectivity index (χ1v) is 8.82. The molecule has 1 aliphatic rings. The Balaban J connectivity index is 2.13. The number of sulfone groups is 1. The molecule has 0 amide bonds. The molecular formula is C11H17ClN2O2S2. The molecule has 1 fully saturated rings. The molecule has 2 atom stereocenters. The molecule has 7 heteroatoms. The van der Waals surface area contributed by atoms with Gasteiger partial charge in [0.05, 0.1) is 21.9 Å². The van der Waals surface area contributed by atoms with Gasteiger partial charge in [-0.1, -0.05) is 11.6 Å². The zero-order chi connectivity index (χ0) is 13.3. The largest absolute Gasteiger partial charge is 0.329 e. The van der Waals surface area contributed by atoms with E-state index in [1.165, 1.54) is 11.3 Å². The van der Waals surface area contributed by atoms with Gasteiger partial charge < -0.3 is 5.73 Å². The molecular weight excluding hydrogens is 292 g/mol. The summed E-state index contributed by atoms with van der Waals surface area (Å²) in [6, 6.07) is 3.92. The lowest BCUT2D eigenvalue weighted by Crippen LogP contribution is -2.39. The summed E-state index contributed by atoms with van der Waals surface area (Å²) in [5.41, 5.74) is 5.82. The van der Waals surface area contributed by atoms with Crippen LogP contribution in [-0.2, 0) is 9.84 Å². The minimum Gasteiger partial charge on any atom is -0.329 e. The van der Waals surface area contributed by atoms with E-state index in [9.17, 15) is 8.42 Å². The minimum absolute atomic E-state index is 0.0424. The maximum absolute atomic E-state index is 11.5. The second-order valence-electron chi connectivity index (χ2n) is 4.62. The molecule has 1 saturated heterocycles.